The third-order valence-electron chi connectivity index (χ3n) is 2.94. The van der Waals surface area contributed by atoms with E-state index in [1.54, 1.807) is 18.2 Å². The average molecular weight is 338 g/mol. The van der Waals surface area contributed by atoms with Crippen molar-refractivity contribution in [1.82, 2.24) is 0 Å². The summed E-state index contributed by atoms with van der Waals surface area (Å²) in [5, 5.41) is 11.7. The van der Waals surface area contributed by atoms with Crippen molar-refractivity contribution >= 4 is 33.1 Å². The minimum atomic E-state index is -0.273. The van der Waals surface area contributed by atoms with Crippen LogP contribution < -0.4 is 10.6 Å². The molecule has 0 bridgehead atoms. The van der Waals surface area contributed by atoms with E-state index >= 15 is 0 Å². The molecule has 0 spiro atoms. The summed E-state index contributed by atoms with van der Waals surface area (Å²) in [7, 11) is 1.87. The van der Waals surface area contributed by atoms with Crippen LogP contribution in [-0.4, -0.2) is 18.1 Å². The van der Waals surface area contributed by atoms with Crippen molar-refractivity contribution in [2.45, 2.75) is 0 Å². The van der Waals surface area contributed by atoms with E-state index in [2.05, 4.69) is 21.1 Å². The number of amidine groups is 1. The monoisotopic (exact) mass is 337 g/mol. The molecule has 0 fully saturated rings. The second-order valence-electron chi connectivity index (χ2n) is 4.18. The van der Waals surface area contributed by atoms with Gasteiger partial charge in [-0.3, -0.25) is 0 Å². The fraction of sp³-hybridized carbons (Fsp3) is 0.0714. The number of nitrogens with zero attached hydrogens (tertiary/aromatic N) is 2. The molecule has 6 heteroatoms. The zero-order valence-electron chi connectivity index (χ0n) is 10.7. The second kappa shape index (κ2) is 5.92. The number of oxime groups is 1. The number of nitrogens with two attached hydrogens (primary N) is 1. The van der Waals surface area contributed by atoms with Gasteiger partial charge in [0.25, 0.3) is 0 Å². The minimum absolute atomic E-state index is 0.0351. The summed E-state index contributed by atoms with van der Waals surface area (Å²) >= 11 is 3.38. The number of benzene rings is 2. The summed E-state index contributed by atoms with van der Waals surface area (Å²) < 4.78 is 13.6. The van der Waals surface area contributed by atoms with Gasteiger partial charge in [-0.05, 0) is 58.4 Å². The first-order valence-electron chi connectivity index (χ1n) is 5.79. The molecule has 0 saturated heterocycles. The maximum absolute atomic E-state index is 12.9. The molecule has 4 nitrogen and oxygen atoms in total. The zero-order valence-corrected chi connectivity index (χ0v) is 12.3. The summed E-state index contributed by atoms with van der Waals surface area (Å²) in [4.78, 5) is 1.90. The van der Waals surface area contributed by atoms with Crippen molar-refractivity contribution in [1.29, 1.82) is 0 Å². The van der Waals surface area contributed by atoms with Crippen LogP contribution in [0.5, 0.6) is 0 Å². The molecule has 3 N–H and O–H groups in total. The molecule has 0 unspecified atom stereocenters. The Morgan fingerprint density at radius 3 is 2.35 bits per heavy atom. The average Bonchev–Trinajstić information content (AvgIpc) is 2.46. The Bertz CT molecular complexity index is 643. The highest BCUT2D eigenvalue weighted by molar-refractivity contribution is 9.10. The van der Waals surface area contributed by atoms with Crippen molar-refractivity contribution in [3.8, 4) is 0 Å². The van der Waals surface area contributed by atoms with Crippen LogP contribution in [0.4, 0.5) is 15.8 Å². The standard InChI is InChI=1S/C14H13BrFN3O/c1-19(10-4-2-9(16)3-5-10)11-6-7-12(13(15)8-11)14(17)18-20/h2-8,20H,1H3,(H2,17,18). The quantitative estimate of drug-likeness (QED) is 0.390. The number of anilines is 2. The second-order valence-corrected chi connectivity index (χ2v) is 5.04. The van der Waals surface area contributed by atoms with Gasteiger partial charge in [0, 0.05) is 28.5 Å². The molecule has 20 heavy (non-hydrogen) atoms. The lowest BCUT2D eigenvalue weighted by atomic mass is 10.1. The molecule has 2 aromatic carbocycles. The fourth-order valence-electron chi connectivity index (χ4n) is 1.79. The highest BCUT2D eigenvalue weighted by Crippen LogP contribution is 2.28. The molecule has 0 heterocycles. The van der Waals surface area contributed by atoms with Gasteiger partial charge in [-0.2, -0.15) is 0 Å². The molecule has 0 aromatic heterocycles. The van der Waals surface area contributed by atoms with Crippen LogP contribution in [0.15, 0.2) is 52.1 Å². The summed E-state index contributed by atoms with van der Waals surface area (Å²) in [6, 6.07) is 11.6. The van der Waals surface area contributed by atoms with E-state index in [9.17, 15) is 4.39 Å². The van der Waals surface area contributed by atoms with Crippen LogP contribution in [0.3, 0.4) is 0 Å². The van der Waals surface area contributed by atoms with Crippen molar-refractivity contribution in [3.05, 3.63) is 58.3 Å². The SMILES string of the molecule is CN(c1ccc(F)cc1)c1ccc(/C(N)=N/O)c(Br)c1. The highest BCUT2D eigenvalue weighted by atomic mass is 79.9. The summed E-state index contributed by atoms with van der Waals surface area (Å²) in [5.74, 6) is -0.238. The molecular weight excluding hydrogens is 325 g/mol. The molecule has 0 saturated carbocycles. The lowest BCUT2D eigenvalue weighted by molar-refractivity contribution is 0.318. The lowest BCUT2D eigenvalue weighted by Crippen LogP contribution is -2.15. The zero-order chi connectivity index (χ0) is 14.7. The molecule has 0 aliphatic heterocycles. The molecular formula is C14H13BrFN3O. The highest BCUT2D eigenvalue weighted by Gasteiger charge is 2.09. The Morgan fingerprint density at radius 1 is 1.20 bits per heavy atom. The summed E-state index contributed by atoms with van der Waals surface area (Å²) in [6.07, 6.45) is 0. The van der Waals surface area contributed by atoms with Crippen LogP contribution in [0, 0.1) is 5.82 Å². The van der Waals surface area contributed by atoms with Crippen LogP contribution in [0.2, 0.25) is 0 Å². The first-order valence-corrected chi connectivity index (χ1v) is 6.59. The summed E-state index contributed by atoms with van der Waals surface area (Å²) in [6.45, 7) is 0. The van der Waals surface area contributed by atoms with Crippen LogP contribution in [0.1, 0.15) is 5.56 Å². The third-order valence-corrected chi connectivity index (χ3v) is 3.59. The number of halogens is 2. The normalized spacial score (nSPS) is 11.4. The fourth-order valence-corrected chi connectivity index (χ4v) is 2.36. The predicted octanol–water partition coefficient (Wildman–Crippen LogP) is 3.45. The van der Waals surface area contributed by atoms with Gasteiger partial charge in [-0.25, -0.2) is 4.39 Å². The Morgan fingerprint density at radius 2 is 1.80 bits per heavy atom. The molecule has 0 aliphatic carbocycles. The van der Waals surface area contributed by atoms with E-state index in [1.165, 1.54) is 12.1 Å². The Balaban J connectivity index is 2.34. The molecule has 2 rings (SSSR count). The predicted molar refractivity (Wildman–Crippen MR) is 81.1 cm³/mol. The van der Waals surface area contributed by atoms with Gasteiger partial charge in [-0.1, -0.05) is 5.16 Å². The summed E-state index contributed by atoms with van der Waals surface area (Å²) in [5.41, 5.74) is 7.91. The molecule has 0 aliphatic rings. The molecule has 0 atom stereocenters. The first-order chi connectivity index (χ1) is 9.52. The van der Waals surface area contributed by atoms with Gasteiger partial charge in [0.15, 0.2) is 5.84 Å². The smallest absolute Gasteiger partial charge is 0.171 e. The van der Waals surface area contributed by atoms with E-state index in [0.717, 1.165) is 11.4 Å². The lowest BCUT2D eigenvalue weighted by Gasteiger charge is -2.20. The molecule has 0 radical (unpaired) electrons. The van der Waals surface area contributed by atoms with Crippen LogP contribution in [0.25, 0.3) is 0 Å². The maximum atomic E-state index is 12.9. The largest absolute Gasteiger partial charge is 0.409 e. The molecule has 0 amide bonds. The van der Waals surface area contributed by atoms with Gasteiger partial charge in [0.1, 0.15) is 5.82 Å². The maximum Gasteiger partial charge on any atom is 0.171 e. The van der Waals surface area contributed by atoms with E-state index in [-0.39, 0.29) is 11.7 Å². The topological polar surface area (TPSA) is 61.8 Å². The number of hydrogen-bond donors (Lipinski definition) is 2. The van der Waals surface area contributed by atoms with E-state index < -0.39 is 0 Å². The van der Waals surface area contributed by atoms with Gasteiger partial charge in [0.05, 0.1) is 0 Å². The van der Waals surface area contributed by atoms with Gasteiger partial charge >= 0.3 is 0 Å². The van der Waals surface area contributed by atoms with Gasteiger partial charge in [0.2, 0.25) is 0 Å². The van der Waals surface area contributed by atoms with Crippen molar-refractivity contribution in [2.75, 3.05) is 11.9 Å². The minimum Gasteiger partial charge on any atom is -0.409 e. The Hall–Kier alpha value is -2.08. The van der Waals surface area contributed by atoms with E-state index in [4.69, 9.17) is 10.9 Å². The van der Waals surface area contributed by atoms with Gasteiger partial charge in [-0.15, -0.1) is 0 Å². The van der Waals surface area contributed by atoms with Gasteiger partial charge < -0.3 is 15.8 Å². The van der Waals surface area contributed by atoms with Crippen molar-refractivity contribution in [3.63, 3.8) is 0 Å². The number of hydrogen-bond acceptors (Lipinski definition) is 3. The van der Waals surface area contributed by atoms with Crippen molar-refractivity contribution < 1.29 is 9.60 Å². The van der Waals surface area contributed by atoms with E-state index in [0.29, 0.717) is 10.0 Å². The number of rotatable bonds is 3. The molecule has 2 aromatic rings. The first kappa shape index (κ1) is 14.3. The molecule has 104 valence electrons. The third kappa shape index (κ3) is 2.91. The Kier molecular flexibility index (Phi) is 4.24. The van der Waals surface area contributed by atoms with Crippen LogP contribution >= 0.6 is 15.9 Å². The van der Waals surface area contributed by atoms with Crippen LogP contribution in [-0.2, 0) is 0 Å². The Labute approximate surface area is 124 Å². The van der Waals surface area contributed by atoms with Crippen molar-refractivity contribution in [2.24, 2.45) is 10.9 Å². The van der Waals surface area contributed by atoms with E-state index in [1.807, 2.05) is 24.1 Å².